The Hall–Kier alpha value is -2.58. The molecule has 0 atom stereocenters. The maximum Gasteiger partial charge on any atom is 0.361 e. The molecule has 192 valence electrons. The molecule has 2 amide bonds. The van der Waals surface area contributed by atoms with Crippen LogP contribution in [-0.4, -0.2) is 69.2 Å². The van der Waals surface area contributed by atoms with E-state index in [0.717, 1.165) is 61.2 Å². The molecule has 3 rings (SSSR count). The van der Waals surface area contributed by atoms with E-state index in [4.69, 9.17) is 4.74 Å². The molecule has 8 heteroatoms. The smallest absolute Gasteiger partial charge is 0.361 e. The lowest BCUT2D eigenvalue weighted by Crippen LogP contribution is -2.56. The standard InChI is InChI=1S/C26H36N4O3.CH3Br/c1-27-23-10-6-11-24(19-23)29-26(32)28-14-7-15-30(20-25(31)33-2)16-12-22(13-17-30)18-21-8-4-3-5-9-21;1-2/h3-6,8-11,19,22,27H,7,12-18,20H2,1-2H3,(H-,28,29,32);1H3/p+1. The normalized spacial score (nSPS) is 19.0. The summed E-state index contributed by atoms with van der Waals surface area (Å²) in [6.07, 6.45) is 4.10. The summed E-state index contributed by atoms with van der Waals surface area (Å²) in [6.45, 7) is 3.75. The number of anilines is 2. The summed E-state index contributed by atoms with van der Waals surface area (Å²) in [7, 11) is 3.30. The molecular weight excluding hydrogens is 508 g/mol. The van der Waals surface area contributed by atoms with Gasteiger partial charge in [-0.3, -0.25) is 0 Å². The van der Waals surface area contributed by atoms with Crippen molar-refractivity contribution in [3.63, 3.8) is 0 Å². The van der Waals surface area contributed by atoms with E-state index in [1.54, 1.807) is 0 Å². The second-order valence-corrected chi connectivity index (χ2v) is 8.95. The second-order valence-electron chi connectivity index (χ2n) is 8.95. The first-order valence-corrected chi connectivity index (χ1v) is 13.8. The van der Waals surface area contributed by atoms with Crippen molar-refractivity contribution in [3.05, 3.63) is 60.2 Å². The van der Waals surface area contributed by atoms with E-state index in [9.17, 15) is 9.59 Å². The Morgan fingerprint density at radius 2 is 1.71 bits per heavy atom. The quantitative estimate of drug-likeness (QED) is 0.171. The number of halogens is 1. The number of alkyl halides is 1. The van der Waals surface area contributed by atoms with Gasteiger partial charge in [0.15, 0.2) is 6.54 Å². The molecule has 2 aromatic carbocycles. The monoisotopic (exact) mass is 547 g/mol. The number of esters is 1. The van der Waals surface area contributed by atoms with Gasteiger partial charge in [-0.05, 0) is 54.8 Å². The summed E-state index contributed by atoms with van der Waals surface area (Å²) in [5.74, 6) is 2.30. The molecule has 1 aliphatic heterocycles. The minimum Gasteiger partial charge on any atom is -0.465 e. The van der Waals surface area contributed by atoms with Crippen molar-refractivity contribution >= 4 is 39.3 Å². The minimum absolute atomic E-state index is 0.161. The van der Waals surface area contributed by atoms with Gasteiger partial charge in [0.05, 0.1) is 26.7 Å². The molecular formula is C27H40BrN4O3+. The Labute approximate surface area is 218 Å². The number of rotatable bonds is 10. The van der Waals surface area contributed by atoms with Crippen LogP contribution < -0.4 is 16.0 Å². The maximum absolute atomic E-state index is 12.3. The highest BCUT2D eigenvalue weighted by Gasteiger charge is 2.35. The number of carbonyl (C=O) groups excluding carboxylic acids is 2. The van der Waals surface area contributed by atoms with Crippen molar-refractivity contribution < 1.29 is 18.8 Å². The van der Waals surface area contributed by atoms with Crippen molar-refractivity contribution in [3.8, 4) is 0 Å². The minimum atomic E-state index is -0.218. The number of likely N-dealkylation sites (tertiary alicyclic amines) is 1. The van der Waals surface area contributed by atoms with Gasteiger partial charge in [0.1, 0.15) is 0 Å². The molecule has 1 heterocycles. The van der Waals surface area contributed by atoms with Gasteiger partial charge < -0.3 is 25.2 Å². The van der Waals surface area contributed by atoms with Gasteiger partial charge in [-0.15, -0.1) is 0 Å². The van der Waals surface area contributed by atoms with Gasteiger partial charge in [-0.1, -0.05) is 52.3 Å². The van der Waals surface area contributed by atoms with E-state index < -0.39 is 0 Å². The van der Waals surface area contributed by atoms with Gasteiger partial charge in [-0.25, -0.2) is 9.59 Å². The Balaban J connectivity index is 0.00000210. The molecule has 7 nitrogen and oxygen atoms in total. The molecule has 0 aromatic heterocycles. The molecule has 1 fully saturated rings. The summed E-state index contributed by atoms with van der Waals surface area (Å²) >= 11 is 2.94. The summed E-state index contributed by atoms with van der Waals surface area (Å²) in [5.41, 5.74) is 3.07. The number of urea groups is 1. The summed E-state index contributed by atoms with van der Waals surface area (Å²) < 4.78 is 5.73. The van der Waals surface area contributed by atoms with Crippen molar-refractivity contribution in [2.75, 3.05) is 63.3 Å². The largest absolute Gasteiger partial charge is 0.465 e. The molecule has 0 unspecified atom stereocenters. The molecule has 2 aromatic rings. The van der Waals surface area contributed by atoms with Gasteiger partial charge in [-0.2, -0.15) is 0 Å². The number of carbonyl (C=O) groups is 2. The number of ether oxygens (including phenoxy) is 1. The molecule has 0 aliphatic carbocycles. The van der Waals surface area contributed by atoms with Crippen LogP contribution in [0, 0.1) is 5.92 Å². The average Bonchev–Trinajstić information content (AvgIpc) is 2.90. The highest BCUT2D eigenvalue weighted by Crippen LogP contribution is 2.27. The lowest BCUT2D eigenvalue weighted by molar-refractivity contribution is -0.927. The summed E-state index contributed by atoms with van der Waals surface area (Å²) in [4.78, 5) is 24.4. The number of hydrogen-bond donors (Lipinski definition) is 3. The van der Waals surface area contributed by atoms with Crippen molar-refractivity contribution in [1.82, 2.24) is 5.32 Å². The molecule has 0 bridgehead atoms. The second kappa shape index (κ2) is 15.4. The van der Waals surface area contributed by atoms with E-state index in [-0.39, 0.29) is 12.0 Å². The first-order chi connectivity index (χ1) is 17.0. The molecule has 1 aliphatic rings. The number of methoxy groups -OCH3 is 1. The lowest BCUT2D eigenvalue weighted by Gasteiger charge is -2.43. The van der Waals surface area contributed by atoms with Crippen LogP contribution in [0.2, 0.25) is 0 Å². The fourth-order valence-electron chi connectivity index (χ4n) is 4.66. The van der Waals surface area contributed by atoms with Gasteiger partial charge in [0, 0.05) is 31.4 Å². The molecule has 0 radical (unpaired) electrons. The predicted octanol–water partition coefficient (Wildman–Crippen LogP) is 4.89. The number of amides is 2. The van der Waals surface area contributed by atoms with E-state index in [1.807, 2.05) is 37.1 Å². The zero-order valence-corrected chi connectivity index (χ0v) is 22.8. The van der Waals surface area contributed by atoms with Crippen LogP contribution in [0.4, 0.5) is 16.2 Å². The van der Waals surface area contributed by atoms with Crippen LogP contribution in [0.25, 0.3) is 0 Å². The first-order valence-electron chi connectivity index (χ1n) is 12.2. The number of benzene rings is 2. The fraction of sp³-hybridized carbons (Fsp3) is 0.481. The molecule has 0 spiro atoms. The van der Waals surface area contributed by atoms with Crippen LogP contribution in [0.1, 0.15) is 24.8 Å². The Kier molecular flexibility index (Phi) is 12.6. The Morgan fingerprint density at radius 3 is 2.37 bits per heavy atom. The predicted molar refractivity (Wildman–Crippen MR) is 147 cm³/mol. The van der Waals surface area contributed by atoms with E-state index >= 15 is 0 Å². The number of piperidine rings is 1. The topological polar surface area (TPSA) is 79.5 Å². The van der Waals surface area contributed by atoms with Crippen LogP contribution >= 0.6 is 15.9 Å². The SMILES string of the molecule is CBr.CNc1cccc(NC(=O)NCCC[N+]2(CC(=O)OC)CCC(Cc3ccccc3)CC2)c1. The molecule has 3 N–H and O–H groups in total. The van der Waals surface area contributed by atoms with E-state index in [1.165, 1.54) is 12.7 Å². The Bertz CT molecular complexity index is 902. The van der Waals surface area contributed by atoms with Gasteiger partial charge in [0.25, 0.3) is 0 Å². The highest BCUT2D eigenvalue weighted by molar-refractivity contribution is 9.08. The van der Waals surface area contributed by atoms with Crippen molar-refractivity contribution in [2.24, 2.45) is 5.92 Å². The first kappa shape index (κ1) is 28.7. The fourth-order valence-corrected chi connectivity index (χ4v) is 4.66. The highest BCUT2D eigenvalue weighted by atomic mass is 79.9. The van der Waals surface area contributed by atoms with Gasteiger partial charge in [0.2, 0.25) is 0 Å². The molecule has 35 heavy (non-hydrogen) atoms. The molecule has 0 saturated carbocycles. The Morgan fingerprint density at radius 1 is 1.03 bits per heavy atom. The zero-order valence-electron chi connectivity index (χ0n) is 21.2. The third kappa shape index (κ3) is 9.90. The van der Waals surface area contributed by atoms with Crippen LogP contribution in [0.3, 0.4) is 0 Å². The number of nitrogens with one attached hydrogen (secondary N) is 3. The van der Waals surface area contributed by atoms with Crippen molar-refractivity contribution in [2.45, 2.75) is 25.7 Å². The van der Waals surface area contributed by atoms with Crippen LogP contribution in [0.5, 0.6) is 0 Å². The average molecular weight is 549 g/mol. The third-order valence-electron chi connectivity index (χ3n) is 6.59. The third-order valence-corrected chi connectivity index (χ3v) is 6.59. The molecule has 1 saturated heterocycles. The lowest BCUT2D eigenvalue weighted by atomic mass is 9.88. The van der Waals surface area contributed by atoms with Gasteiger partial charge >= 0.3 is 12.0 Å². The van der Waals surface area contributed by atoms with Crippen molar-refractivity contribution in [1.29, 1.82) is 0 Å². The number of nitrogens with zero attached hydrogens (tertiary/aromatic N) is 1. The number of quaternary nitrogens is 1. The van der Waals surface area contributed by atoms with Crippen LogP contribution in [0.15, 0.2) is 54.6 Å². The summed E-state index contributed by atoms with van der Waals surface area (Å²) in [5, 5.41) is 8.86. The van der Waals surface area contributed by atoms with E-state index in [0.29, 0.717) is 19.0 Å². The van der Waals surface area contributed by atoms with Crippen LogP contribution in [-0.2, 0) is 16.0 Å². The maximum atomic E-state index is 12.3. The van der Waals surface area contributed by atoms with E-state index in [2.05, 4.69) is 62.2 Å². The zero-order chi connectivity index (χ0) is 25.5. The number of hydrogen-bond acceptors (Lipinski definition) is 4. The summed E-state index contributed by atoms with van der Waals surface area (Å²) in [6, 6.07) is 18.0.